The monoisotopic (exact) mass is 569 g/mol. The van der Waals surface area contributed by atoms with E-state index < -0.39 is 27.8 Å². The highest BCUT2D eigenvalue weighted by molar-refractivity contribution is 7.90. The zero-order valence-electron chi connectivity index (χ0n) is 22.3. The third-order valence-electron chi connectivity index (χ3n) is 7.19. The van der Waals surface area contributed by atoms with E-state index in [0.717, 1.165) is 25.2 Å². The third-order valence-corrected chi connectivity index (χ3v) is 8.35. The summed E-state index contributed by atoms with van der Waals surface area (Å²) in [6.45, 7) is 3.49. The molecule has 1 aliphatic carbocycles. The van der Waals surface area contributed by atoms with Gasteiger partial charge < -0.3 is 25.4 Å². The molecule has 1 saturated carbocycles. The van der Waals surface area contributed by atoms with Crippen LogP contribution in [0.2, 0.25) is 0 Å². The maximum absolute atomic E-state index is 14.3. The fourth-order valence-corrected chi connectivity index (χ4v) is 5.95. The number of amides is 2. The summed E-state index contributed by atoms with van der Waals surface area (Å²) >= 11 is 0. The molecular formula is C28H32FN5O5S. The first-order valence-electron chi connectivity index (χ1n) is 13.2. The van der Waals surface area contributed by atoms with Gasteiger partial charge in [-0.3, -0.25) is 0 Å². The largest absolute Gasteiger partial charge is 0.391 e. The summed E-state index contributed by atoms with van der Waals surface area (Å²) in [4.78, 5) is 23.8. The zero-order valence-corrected chi connectivity index (χ0v) is 23.1. The van der Waals surface area contributed by atoms with Gasteiger partial charge in [-0.15, -0.1) is 0 Å². The van der Waals surface area contributed by atoms with Crippen LogP contribution in [0.25, 0.3) is 22.5 Å². The smallest absolute Gasteiger partial charge is 0.319 e. The summed E-state index contributed by atoms with van der Waals surface area (Å²) in [5.74, 6) is -0.202. The Morgan fingerprint density at radius 2 is 1.85 bits per heavy atom. The number of aliphatic hydroxyl groups excluding tert-OH is 1. The fraction of sp³-hybridized carbons (Fsp3) is 0.393. The highest BCUT2D eigenvalue weighted by atomic mass is 32.2. The fourth-order valence-electron chi connectivity index (χ4n) is 5.07. The lowest BCUT2D eigenvalue weighted by Gasteiger charge is -2.33. The predicted octanol–water partition coefficient (Wildman–Crippen LogP) is 3.61. The maximum atomic E-state index is 14.3. The van der Waals surface area contributed by atoms with Crippen molar-refractivity contribution in [2.24, 2.45) is 0 Å². The van der Waals surface area contributed by atoms with Gasteiger partial charge in [0.25, 0.3) is 0 Å². The van der Waals surface area contributed by atoms with Gasteiger partial charge in [-0.1, -0.05) is 12.1 Å². The van der Waals surface area contributed by atoms with Gasteiger partial charge in [0, 0.05) is 29.6 Å². The van der Waals surface area contributed by atoms with Crippen molar-refractivity contribution < 1.29 is 27.4 Å². The summed E-state index contributed by atoms with van der Waals surface area (Å²) < 4.78 is 45.0. The molecule has 12 heteroatoms. The van der Waals surface area contributed by atoms with E-state index in [1.807, 2.05) is 11.8 Å². The standard InChI is InChI=1S/C28H32FN5O5S/c1-17-16-39-13-12-34(17)27-31-23(15-24(32-27)21-14-19(29)8-11-26(21)40(2,37)38)18-6-9-20(10-7-18)30-28(36)33-22-4-3-5-25(22)35/h6-11,14-15,17,22,25,35H,3-5,12-13,16H2,1-2H3,(H2,30,33,36)/t17?,22-,25-/m0/s1. The number of halogens is 1. The molecule has 0 spiro atoms. The highest BCUT2D eigenvalue weighted by Crippen LogP contribution is 2.32. The second-order valence-electron chi connectivity index (χ2n) is 10.2. The quantitative estimate of drug-likeness (QED) is 0.384. The average molecular weight is 570 g/mol. The average Bonchev–Trinajstić information content (AvgIpc) is 3.32. The van der Waals surface area contributed by atoms with Crippen molar-refractivity contribution in [2.75, 3.05) is 36.2 Å². The summed E-state index contributed by atoms with van der Waals surface area (Å²) in [6, 6.07) is 11.5. The Kier molecular flexibility index (Phi) is 8.02. The van der Waals surface area contributed by atoms with Crippen LogP contribution in [-0.4, -0.2) is 73.7 Å². The Labute approximate surface area is 232 Å². The van der Waals surface area contributed by atoms with Crippen LogP contribution >= 0.6 is 0 Å². The molecular weight excluding hydrogens is 537 g/mol. The van der Waals surface area contributed by atoms with Crippen molar-refractivity contribution in [3.8, 4) is 22.5 Å². The number of ether oxygens (including phenoxy) is 1. The molecule has 3 aromatic rings. The number of benzene rings is 2. The minimum absolute atomic E-state index is 0.0257. The van der Waals surface area contributed by atoms with E-state index >= 15 is 0 Å². The van der Waals surface area contributed by atoms with Crippen LogP contribution in [-0.2, 0) is 14.6 Å². The number of anilines is 2. The van der Waals surface area contributed by atoms with Gasteiger partial charge in [0.05, 0.1) is 47.7 Å². The van der Waals surface area contributed by atoms with Crippen molar-refractivity contribution in [1.29, 1.82) is 0 Å². The second-order valence-corrected chi connectivity index (χ2v) is 12.2. The molecule has 1 unspecified atom stereocenters. The Balaban J connectivity index is 1.49. The molecule has 3 N–H and O–H groups in total. The van der Waals surface area contributed by atoms with E-state index in [1.54, 1.807) is 30.3 Å². The van der Waals surface area contributed by atoms with Gasteiger partial charge in [0.2, 0.25) is 5.95 Å². The summed E-state index contributed by atoms with van der Waals surface area (Å²) in [7, 11) is -3.68. The molecule has 2 fully saturated rings. The number of aromatic nitrogens is 2. The van der Waals surface area contributed by atoms with Crippen molar-refractivity contribution in [1.82, 2.24) is 15.3 Å². The van der Waals surface area contributed by atoms with E-state index in [4.69, 9.17) is 9.72 Å². The Morgan fingerprint density at radius 1 is 1.10 bits per heavy atom. The van der Waals surface area contributed by atoms with E-state index in [1.165, 1.54) is 12.1 Å². The van der Waals surface area contributed by atoms with Gasteiger partial charge in [0.1, 0.15) is 5.82 Å². The molecule has 0 radical (unpaired) electrons. The van der Waals surface area contributed by atoms with Crippen LogP contribution < -0.4 is 15.5 Å². The van der Waals surface area contributed by atoms with Crippen LogP contribution in [0.15, 0.2) is 53.4 Å². The minimum atomic E-state index is -3.68. The topological polar surface area (TPSA) is 134 Å². The molecule has 5 rings (SSSR count). The number of sulfone groups is 1. The van der Waals surface area contributed by atoms with Crippen LogP contribution in [0.4, 0.5) is 20.8 Å². The molecule has 1 aromatic heterocycles. The normalized spacial score (nSPS) is 21.3. The molecule has 1 aliphatic heterocycles. The Morgan fingerprint density at radius 3 is 2.52 bits per heavy atom. The van der Waals surface area contributed by atoms with Gasteiger partial charge in [-0.05, 0) is 62.6 Å². The first-order chi connectivity index (χ1) is 19.1. The van der Waals surface area contributed by atoms with E-state index in [0.29, 0.717) is 49.1 Å². The van der Waals surface area contributed by atoms with Gasteiger partial charge in [-0.25, -0.2) is 27.6 Å². The number of urea groups is 1. The van der Waals surface area contributed by atoms with Crippen molar-refractivity contribution in [2.45, 2.75) is 49.3 Å². The van der Waals surface area contributed by atoms with Crippen LogP contribution in [0.5, 0.6) is 0 Å². The minimum Gasteiger partial charge on any atom is -0.391 e. The molecule has 2 aromatic carbocycles. The molecule has 2 aliphatic rings. The SMILES string of the molecule is CC1COCCN1c1nc(-c2ccc(NC(=O)N[C@H]3CCC[C@@H]3O)cc2)cc(-c2cc(F)ccc2S(C)(=O)=O)n1. The number of aliphatic hydroxyl groups is 1. The van der Waals surface area contributed by atoms with Gasteiger partial charge in [-0.2, -0.15) is 0 Å². The van der Waals surface area contributed by atoms with Crippen LogP contribution in [0.1, 0.15) is 26.2 Å². The number of carbonyl (C=O) groups is 1. The van der Waals surface area contributed by atoms with E-state index in [9.17, 15) is 22.7 Å². The highest BCUT2D eigenvalue weighted by Gasteiger charge is 2.27. The summed E-state index contributed by atoms with van der Waals surface area (Å²) in [5.41, 5.74) is 2.18. The molecule has 40 heavy (non-hydrogen) atoms. The molecule has 10 nitrogen and oxygen atoms in total. The maximum Gasteiger partial charge on any atom is 0.319 e. The molecule has 1 saturated heterocycles. The van der Waals surface area contributed by atoms with Crippen LogP contribution in [0, 0.1) is 5.82 Å². The van der Waals surface area contributed by atoms with E-state index in [2.05, 4.69) is 15.6 Å². The van der Waals surface area contributed by atoms with Crippen molar-refractivity contribution >= 4 is 27.5 Å². The third kappa shape index (κ3) is 6.24. The number of carbonyl (C=O) groups excluding carboxylic acids is 1. The lowest BCUT2D eigenvalue weighted by molar-refractivity contribution is 0.0981. The lowest BCUT2D eigenvalue weighted by Crippen LogP contribution is -2.44. The zero-order chi connectivity index (χ0) is 28.4. The van der Waals surface area contributed by atoms with Gasteiger partial charge in [0.15, 0.2) is 9.84 Å². The van der Waals surface area contributed by atoms with Crippen LogP contribution in [0.3, 0.4) is 0 Å². The number of hydrogen-bond acceptors (Lipinski definition) is 8. The van der Waals surface area contributed by atoms with Gasteiger partial charge >= 0.3 is 6.03 Å². The second kappa shape index (κ2) is 11.5. The Bertz CT molecular complexity index is 1500. The molecule has 2 amide bonds. The lowest BCUT2D eigenvalue weighted by atomic mass is 10.1. The first-order valence-corrected chi connectivity index (χ1v) is 15.1. The van der Waals surface area contributed by atoms with E-state index in [-0.39, 0.29) is 28.2 Å². The number of hydrogen-bond donors (Lipinski definition) is 3. The molecule has 212 valence electrons. The summed E-state index contributed by atoms with van der Waals surface area (Å²) in [5, 5.41) is 15.5. The number of nitrogens with zero attached hydrogens (tertiary/aromatic N) is 3. The number of nitrogens with one attached hydrogen (secondary N) is 2. The van der Waals surface area contributed by atoms with Crippen molar-refractivity contribution in [3.05, 3.63) is 54.3 Å². The number of rotatable bonds is 6. The molecule has 0 bridgehead atoms. The number of morpholine rings is 1. The Hall–Kier alpha value is -3.61. The summed E-state index contributed by atoms with van der Waals surface area (Å²) in [6.07, 6.45) is 2.82. The first kappa shape index (κ1) is 27.9. The molecule has 3 atom stereocenters. The van der Waals surface area contributed by atoms with Crippen molar-refractivity contribution in [3.63, 3.8) is 0 Å². The molecule has 2 heterocycles. The predicted molar refractivity (Wildman–Crippen MR) is 149 cm³/mol.